The number of aromatic amines is 1. The van der Waals surface area contributed by atoms with Gasteiger partial charge >= 0.3 is 0 Å². The molecule has 0 saturated carbocycles. The van der Waals surface area contributed by atoms with Crippen molar-refractivity contribution >= 4 is 22.4 Å². The molecular formula is C22H15ClN2O2. The van der Waals surface area contributed by atoms with Gasteiger partial charge in [0, 0.05) is 16.0 Å². The Kier molecular flexibility index (Phi) is 3.55. The number of hydrogen-bond acceptors (Lipinski definition) is 3. The van der Waals surface area contributed by atoms with Crippen molar-refractivity contribution in [3.63, 3.8) is 0 Å². The fraction of sp³-hybridized carbons (Fsp3) is 0.0909. The third kappa shape index (κ3) is 2.45. The quantitative estimate of drug-likeness (QED) is 0.440. The van der Waals surface area contributed by atoms with Crippen LogP contribution in [-0.4, -0.2) is 9.97 Å². The molecule has 4 aromatic rings. The molecule has 0 aliphatic carbocycles. The first-order valence-electron chi connectivity index (χ1n) is 8.68. The van der Waals surface area contributed by atoms with Crippen molar-refractivity contribution in [3.8, 4) is 11.6 Å². The van der Waals surface area contributed by atoms with Gasteiger partial charge in [-0.05, 0) is 23.9 Å². The van der Waals surface area contributed by atoms with Crippen molar-refractivity contribution in [1.29, 1.82) is 0 Å². The van der Waals surface area contributed by atoms with Crippen molar-refractivity contribution in [2.45, 2.75) is 12.8 Å². The lowest BCUT2D eigenvalue weighted by atomic mass is 9.83. The van der Waals surface area contributed by atoms with Crippen molar-refractivity contribution in [2.24, 2.45) is 0 Å². The largest absolute Gasteiger partial charge is 0.437 e. The van der Waals surface area contributed by atoms with E-state index in [4.69, 9.17) is 16.3 Å². The molecule has 1 aliphatic rings. The number of nitrogens with one attached hydrogen (secondary N) is 1. The first-order valence-corrected chi connectivity index (χ1v) is 9.06. The van der Waals surface area contributed by atoms with Gasteiger partial charge in [-0.3, -0.25) is 4.79 Å². The van der Waals surface area contributed by atoms with E-state index in [2.05, 4.69) is 9.97 Å². The van der Waals surface area contributed by atoms with Crippen molar-refractivity contribution in [3.05, 3.63) is 98.6 Å². The molecule has 5 rings (SSSR count). The van der Waals surface area contributed by atoms with Gasteiger partial charge in [0.1, 0.15) is 11.6 Å². The van der Waals surface area contributed by atoms with E-state index in [1.54, 1.807) is 6.92 Å². The highest BCUT2D eigenvalue weighted by molar-refractivity contribution is 6.31. The van der Waals surface area contributed by atoms with Gasteiger partial charge in [-0.25, -0.2) is 0 Å². The number of hydrogen-bond donors (Lipinski definition) is 1. The summed E-state index contributed by atoms with van der Waals surface area (Å²) >= 11 is 6.52. The Bertz CT molecular complexity index is 1260. The maximum atomic E-state index is 12.8. The van der Waals surface area contributed by atoms with E-state index in [-0.39, 0.29) is 11.5 Å². The number of halogens is 1. The Morgan fingerprint density at radius 1 is 1.00 bits per heavy atom. The van der Waals surface area contributed by atoms with E-state index >= 15 is 0 Å². The first-order chi connectivity index (χ1) is 13.1. The Labute approximate surface area is 160 Å². The van der Waals surface area contributed by atoms with Gasteiger partial charge in [-0.15, -0.1) is 0 Å². The topological polar surface area (TPSA) is 55.0 Å². The molecule has 1 N–H and O–H groups in total. The van der Waals surface area contributed by atoms with Crippen LogP contribution in [0.15, 0.2) is 65.5 Å². The zero-order valence-electron chi connectivity index (χ0n) is 14.5. The SMILES string of the molecule is Cc1nc2c(c(=O)[nH]1)C(c1ccccc1Cl)c1ccc3ccccc3c1O2. The zero-order valence-corrected chi connectivity index (χ0v) is 15.2. The zero-order chi connectivity index (χ0) is 18.5. The molecule has 0 amide bonds. The fourth-order valence-electron chi connectivity index (χ4n) is 3.79. The second-order valence-electron chi connectivity index (χ2n) is 6.63. The van der Waals surface area contributed by atoms with E-state index < -0.39 is 0 Å². The summed E-state index contributed by atoms with van der Waals surface area (Å²) in [4.78, 5) is 20.1. The number of fused-ring (bicyclic) bond motifs is 4. The standard InChI is InChI=1S/C22H15ClN2O2/c1-12-24-21(26)19-18(15-8-4-5-9-17(15)23)16-11-10-13-6-2-3-7-14(13)20(16)27-22(19)25-12/h2-11,18H,1H3,(H,24,25,26). The highest BCUT2D eigenvalue weighted by Gasteiger charge is 2.34. The molecular weight excluding hydrogens is 360 g/mol. The molecule has 1 atom stereocenters. The molecule has 0 radical (unpaired) electrons. The van der Waals surface area contributed by atoms with Gasteiger partial charge in [0.15, 0.2) is 0 Å². The average molecular weight is 375 g/mol. The third-order valence-corrected chi connectivity index (χ3v) is 5.31. The fourth-order valence-corrected chi connectivity index (χ4v) is 4.03. The normalized spacial score (nSPS) is 15.1. The highest BCUT2D eigenvalue weighted by atomic mass is 35.5. The van der Waals surface area contributed by atoms with E-state index in [0.717, 1.165) is 27.6 Å². The molecule has 4 nitrogen and oxygen atoms in total. The summed E-state index contributed by atoms with van der Waals surface area (Å²) in [5.41, 5.74) is 2.04. The summed E-state index contributed by atoms with van der Waals surface area (Å²) in [6.07, 6.45) is 0. The van der Waals surface area contributed by atoms with E-state index in [1.165, 1.54) is 0 Å². The molecule has 2 heterocycles. The van der Waals surface area contributed by atoms with E-state index in [1.807, 2.05) is 60.7 Å². The molecule has 0 spiro atoms. The number of ether oxygens (including phenoxy) is 1. The smallest absolute Gasteiger partial charge is 0.258 e. The lowest BCUT2D eigenvalue weighted by molar-refractivity contribution is 0.433. The lowest BCUT2D eigenvalue weighted by Gasteiger charge is -2.28. The number of nitrogens with zero attached hydrogens (tertiary/aromatic N) is 1. The molecule has 0 bridgehead atoms. The number of H-pyrrole nitrogens is 1. The number of aryl methyl sites for hydroxylation is 1. The molecule has 1 unspecified atom stereocenters. The molecule has 1 aliphatic heterocycles. The van der Waals surface area contributed by atoms with Crippen LogP contribution in [0.5, 0.6) is 11.6 Å². The van der Waals surface area contributed by atoms with Gasteiger partial charge in [-0.1, -0.05) is 66.2 Å². The van der Waals surface area contributed by atoms with Crippen LogP contribution < -0.4 is 10.3 Å². The van der Waals surface area contributed by atoms with Gasteiger partial charge in [0.2, 0.25) is 5.88 Å². The van der Waals surface area contributed by atoms with Crippen LogP contribution in [0.25, 0.3) is 10.8 Å². The predicted octanol–water partition coefficient (Wildman–Crippen LogP) is 5.17. The van der Waals surface area contributed by atoms with Crippen LogP contribution in [0.4, 0.5) is 0 Å². The first kappa shape index (κ1) is 16.1. The van der Waals surface area contributed by atoms with E-state index in [9.17, 15) is 4.79 Å². The van der Waals surface area contributed by atoms with Crippen molar-refractivity contribution < 1.29 is 4.74 Å². The van der Waals surface area contributed by atoms with Crippen molar-refractivity contribution in [2.75, 3.05) is 0 Å². The molecule has 0 saturated heterocycles. The van der Waals surface area contributed by atoms with Crippen LogP contribution in [0.2, 0.25) is 5.02 Å². The second-order valence-corrected chi connectivity index (χ2v) is 7.04. The maximum absolute atomic E-state index is 12.8. The minimum absolute atomic E-state index is 0.207. The molecule has 1 aromatic heterocycles. The van der Waals surface area contributed by atoms with Gasteiger partial charge < -0.3 is 9.72 Å². The van der Waals surface area contributed by atoms with E-state index in [0.29, 0.717) is 22.3 Å². The second kappa shape index (κ2) is 5.96. The van der Waals surface area contributed by atoms with Crippen LogP contribution in [-0.2, 0) is 0 Å². The number of rotatable bonds is 1. The Morgan fingerprint density at radius 3 is 2.63 bits per heavy atom. The maximum Gasteiger partial charge on any atom is 0.258 e. The molecule has 3 aromatic carbocycles. The minimum Gasteiger partial charge on any atom is -0.437 e. The highest BCUT2D eigenvalue weighted by Crippen LogP contribution is 2.49. The Morgan fingerprint density at radius 2 is 1.78 bits per heavy atom. The van der Waals surface area contributed by atoms with Gasteiger partial charge in [0.05, 0.1) is 11.5 Å². The summed E-state index contributed by atoms with van der Waals surface area (Å²) in [6.45, 7) is 1.74. The Hall–Kier alpha value is -3.11. The van der Waals surface area contributed by atoms with Crippen LogP contribution in [0.1, 0.15) is 28.4 Å². The monoisotopic (exact) mass is 374 g/mol. The molecule has 5 heteroatoms. The molecule has 0 fully saturated rings. The summed E-state index contributed by atoms with van der Waals surface area (Å²) in [7, 11) is 0. The number of aromatic nitrogens is 2. The summed E-state index contributed by atoms with van der Waals surface area (Å²) in [5, 5.41) is 2.66. The molecule has 27 heavy (non-hydrogen) atoms. The number of benzene rings is 3. The minimum atomic E-state index is -0.348. The summed E-state index contributed by atoms with van der Waals surface area (Å²) in [6, 6.07) is 19.7. The van der Waals surface area contributed by atoms with Crippen LogP contribution >= 0.6 is 11.6 Å². The van der Waals surface area contributed by atoms with Gasteiger partial charge in [-0.2, -0.15) is 4.98 Å². The Balaban J connectivity index is 1.89. The summed E-state index contributed by atoms with van der Waals surface area (Å²) in [5.74, 6) is 1.23. The summed E-state index contributed by atoms with van der Waals surface area (Å²) < 4.78 is 6.17. The van der Waals surface area contributed by atoms with Crippen LogP contribution in [0, 0.1) is 6.92 Å². The van der Waals surface area contributed by atoms with Crippen molar-refractivity contribution in [1.82, 2.24) is 9.97 Å². The third-order valence-electron chi connectivity index (χ3n) is 4.96. The van der Waals surface area contributed by atoms with Gasteiger partial charge in [0.25, 0.3) is 5.56 Å². The average Bonchev–Trinajstić information content (AvgIpc) is 2.66. The predicted molar refractivity (Wildman–Crippen MR) is 106 cm³/mol. The van der Waals surface area contributed by atoms with Crippen LogP contribution in [0.3, 0.4) is 0 Å². The lowest BCUT2D eigenvalue weighted by Crippen LogP contribution is -2.25. The molecule has 132 valence electrons.